The molecule has 4 aromatic rings. The minimum atomic E-state index is -0.998. The van der Waals surface area contributed by atoms with Gasteiger partial charge in [-0.2, -0.15) is 0 Å². The van der Waals surface area contributed by atoms with E-state index in [2.05, 4.69) is 17.0 Å². The third kappa shape index (κ3) is 3.83. The number of nitrogens with zero attached hydrogens (tertiary/aromatic N) is 3. The molecule has 2 atom stereocenters. The molecule has 1 amide bonds. The number of carbonyl (C=O) groups is 1. The van der Waals surface area contributed by atoms with Crippen molar-refractivity contribution < 1.29 is 23.8 Å². The largest absolute Gasteiger partial charge is 0.497 e. The maximum Gasteiger partial charge on any atom is 0.435 e. The zero-order chi connectivity index (χ0) is 27.0. The Labute approximate surface area is 227 Å². The maximum absolute atomic E-state index is 13.8. The number of ether oxygens (including phenoxy) is 3. The summed E-state index contributed by atoms with van der Waals surface area (Å²) < 4.78 is 16.9. The van der Waals surface area contributed by atoms with Gasteiger partial charge in [-0.15, -0.1) is 0 Å². The maximum atomic E-state index is 13.8. The van der Waals surface area contributed by atoms with Crippen LogP contribution >= 0.6 is 0 Å². The van der Waals surface area contributed by atoms with Gasteiger partial charge < -0.3 is 23.9 Å². The first-order valence-corrected chi connectivity index (χ1v) is 12.7. The zero-order valence-corrected chi connectivity index (χ0v) is 22.0. The molecular formula is C31H29N3O5. The Kier molecular flexibility index (Phi) is 6.24. The van der Waals surface area contributed by atoms with Gasteiger partial charge in [0.15, 0.2) is 17.2 Å². The molecule has 2 unspecified atom stereocenters. The van der Waals surface area contributed by atoms with Gasteiger partial charge >= 0.3 is 6.09 Å². The van der Waals surface area contributed by atoms with Crippen molar-refractivity contribution in [3.05, 3.63) is 114 Å². The lowest BCUT2D eigenvalue weighted by atomic mass is 9.97. The Balaban J connectivity index is 1.60. The Morgan fingerprint density at radius 1 is 0.744 bits per heavy atom. The van der Waals surface area contributed by atoms with Crippen molar-refractivity contribution in [3.8, 4) is 17.2 Å². The summed E-state index contributed by atoms with van der Waals surface area (Å²) in [5.74, 6) is 1.87. The monoisotopic (exact) mass is 523 g/mol. The highest BCUT2D eigenvalue weighted by molar-refractivity contribution is 5.92. The van der Waals surface area contributed by atoms with Gasteiger partial charge in [-0.05, 0) is 48.0 Å². The van der Waals surface area contributed by atoms with Crippen LogP contribution in [0.5, 0.6) is 17.2 Å². The van der Waals surface area contributed by atoms with Crippen molar-refractivity contribution in [2.24, 2.45) is 0 Å². The third-order valence-electron chi connectivity index (χ3n) is 7.37. The molecule has 0 spiro atoms. The summed E-state index contributed by atoms with van der Waals surface area (Å²) in [4.78, 5) is 23.9. The highest BCUT2D eigenvalue weighted by Gasteiger charge is 2.65. The molecule has 0 N–H and O–H groups in total. The van der Waals surface area contributed by atoms with Gasteiger partial charge in [0.2, 0.25) is 0 Å². The number of anilines is 2. The Hall–Kier alpha value is -4.69. The van der Waals surface area contributed by atoms with Crippen LogP contribution in [0.3, 0.4) is 0 Å². The molecule has 0 radical (unpaired) electrons. The van der Waals surface area contributed by atoms with Gasteiger partial charge in [0.05, 0.1) is 27.9 Å². The quantitative estimate of drug-likeness (QED) is 0.296. The molecule has 2 heterocycles. The van der Waals surface area contributed by atoms with E-state index in [-0.39, 0.29) is 0 Å². The number of hydroxylamine groups is 2. The summed E-state index contributed by atoms with van der Waals surface area (Å²) in [7, 11) is 4.85. The Morgan fingerprint density at radius 3 is 2.08 bits per heavy atom. The van der Waals surface area contributed by atoms with Crippen LogP contribution in [0.4, 0.5) is 16.2 Å². The van der Waals surface area contributed by atoms with Crippen molar-refractivity contribution in [1.29, 1.82) is 0 Å². The van der Waals surface area contributed by atoms with Gasteiger partial charge in [0.1, 0.15) is 11.9 Å². The van der Waals surface area contributed by atoms with Crippen LogP contribution < -0.4 is 24.0 Å². The zero-order valence-electron chi connectivity index (χ0n) is 22.0. The van der Waals surface area contributed by atoms with E-state index < -0.39 is 17.9 Å². The molecule has 4 aromatic carbocycles. The Morgan fingerprint density at radius 2 is 1.44 bits per heavy atom. The first kappa shape index (κ1) is 24.6. The second kappa shape index (κ2) is 9.89. The lowest BCUT2D eigenvalue weighted by molar-refractivity contribution is -0.136. The van der Waals surface area contributed by atoms with Crippen LogP contribution in [-0.2, 0) is 10.5 Å². The van der Waals surface area contributed by atoms with E-state index >= 15 is 0 Å². The molecule has 0 saturated carbocycles. The molecule has 6 rings (SSSR count). The third-order valence-corrected chi connectivity index (χ3v) is 7.37. The van der Waals surface area contributed by atoms with E-state index in [1.807, 2.05) is 91.0 Å². The summed E-state index contributed by atoms with van der Waals surface area (Å²) >= 11 is 0. The number of hydrogen-bond donors (Lipinski definition) is 0. The van der Waals surface area contributed by atoms with E-state index in [9.17, 15) is 4.79 Å². The highest BCUT2D eigenvalue weighted by Crippen LogP contribution is 2.55. The molecule has 2 saturated heterocycles. The average molecular weight is 524 g/mol. The molecule has 8 heteroatoms. The predicted octanol–water partition coefficient (Wildman–Crippen LogP) is 5.96. The molecule has 39 heavy (non-hydrogen) atoms. The summed E-state index contributed by atoms with van der Waals surface area (Å²) in [6.07, 6.45) is -0.992. The standard InChI is InChI=1S/C31H29N3O5/c1-36-25-19-17-24(18-20-25)33-30(35)39-34-29(26-15-10-16-27(37-2)28(26)38-3)32(23-13-8-5-9-14-23)21-31(33,34)22-11-6-4-7-12-22/h4-20,29H,21H2,1-3H3. The normalized spacial score (nSPS) is 20.5. The van der Waals surface area contributed by atoms with Crippen LogP contribution in [0.2, 0.25) is 0 Å². The SMILES string of the molecule is COc1ccc(N2C(=O)ON3C(c4cccc(OC)c4OC)N(c4ccccc4)CC23c2ccccc2)cc1. The second-order valence-corrected chi connectivity index (χ2v) is 9.32. The van der Waals surface area contributed by atoms with Gasteiger partial charge in [0.25, 0.3) is 0 Å². The molecule has 2 fully saturated rings. The number of amides is 1. The number of benzene rings is 4. The minimum absolute atomic E-state index is 0.420. The van der Waals surface area contributed by atoms with E-state index in [1.54, 1.807) is 31.3 Å². The van der Waals surface area contributed by atoms with Crippen molar-refractivity contribution in [3.63, 3.8) is 0 Å². The molecule has 0 bridgehead atoms. The summed E-state index contributed by atoms with van der Waals surface area (Å²) in [6.45, 7) is 0.420. The smallest absolute Gasteiger partial charge is 0.435 e. The molecule has 8 nitrogen and oxygen atoms in total. The summed E-state index contributed by atoms with van der Waals surface area (Å²) in [5, 5.41) is 1.79. The Bertz CT molecular complexity index is 1470. The fourth-order valence-electron chi connectivity index (χ4n) is 5.66. The van der Waals surface area contributed by atoms with Crippen molar-refractivity contribution >= 4 is 17.5 Å². The van der Waals surface area contributed by atoms with Crippen LogP contribution in [-0.4, -0.2) is 39.0 Å². The first-order chi connectivity index (χ1) is 19.1. The van der Waals surface area contributed by atoms with Crippen molar-refractivity contribution in [2.45, 2.75) is 11.8 Å². The summed E-state index contributed by atoms with van der Waals surface area (Å²) in [6, 6.07) is 33.3. The van der Waals surface area contributed by atoms with Gasteiger partial charge in [-0.3, -0.25) is 0 Å². The van der Waals surface area contributed by atoms with Crippen molar-refractivity contribution in [1.82, 2.24) is 5.06 Å². The lowest BCUT2D eigenvalue weighted by Crippen LogP contribution is -2.51. The fraction of sp³-hybridized carbons (Fsp3) is 0.194. The molecule has 2 aliphatic rings. The molecule has 2 aliphatic heterocycles. The second-order valence-electron chi connectivity index (χ2n) is 9.32. The van der Waals surface area contributed by atoms with Gasteiger partial charge in [-0.25, -0.2) is 9.69 Å². The molecular weight excluding hydrogens is 494 g/mol. The minimum Gasteiger partial charge on any atom is -0.497 e. The number of para-hydroxylation sites is 2. The van der Waals surface area contributed by atoms with E-state index in [0.717, 1.165) is 16.8 Å². The average Bonchev–Trinajstić information content (AvgIpc) is 3.47. The van der Waals surface area contributed by atoms with Crippen LogP contribution in [0.25, 0.3) is 0 Å². The number of rotatable bonds is 7. The van der Waals surface area contributed by atoms with Crippen LogP contribution in [0, 0.1) is 0 Å². The van der Waals surface area contributed by atoms with Crippen LogP contribution in [0.15, 0.2) is 103 Å². The van der Waals surface area contributed by atoms with E-state index in [4.69, 9.17) is 19.0 Å². The fourth-order valence-corrected chi connectivity index (χ4v) is 5.66. The molecule has 0 aromatic heterocycles. The highest BCUT2D eigenvalue weighted by atomic mass is 16.8. The number of carbonyl (C=O) groups excluding carboxylic acids is 1. The molecule has 198 valence electrons. The number of hydrogen-bond acceptors (Lipinski definition) is 7. The predicted molar refractivity (Wildman–Crippen MR) is 148 cm³/mol. The number of fused-ring (bicyclic) bond motifs is 1. The molecule has 0 aliphatic carbocycles. The van der Waals surface area contributed by atoms with E-state index in [1.165, 1.54) is 0 Å². The first-order valence-electron chi connectivity index (χ1n) is 12.7. The summed E-state index contributed by atoms with van der Waals surface area (Å²) in [5.41, 5.74) is 2.39. The lowest BCUT2D eigenvalue weighted by Gasteiger charge is -2.35. The van der Waals surface area contributed by atoms with Crippen molar-refractivity contribution in [2.75, 3.05) is 37.7 Å². The number of methoxy groups -OCH3 is 3. The van der Waals surface area contributed by atoms with Crippen LogP contribution in [0.1, 0.15) is 17.3 Å². The topological polar surface area (TPSA) is 63.7 Å². The van der Waals surface area contributed by atoms with E-state index in [0.29, 0.717) is 29.5 Å². The van der Waals surface area contributed by atoms with Gasteiger partial charge in [-0.1, -0.05) is 65.7 Å². The van der Waals surface area contributed by atoms with Gasteiger partial charge in [0, 0.05) is 16.9 Å².